The van der Waals surface area contributed by atoms with Gasteiger partial charge in [0.25, 0.3) is 5.56 Å². The number of carbonyl (C=O) groups excluding carboxylic acids is 1. The third kappa shape index (κ3) is 4.54. The molecule has 7 nitrogen and oxygen atoms in total. The summed E-state index contributed by atoms with van der Waals surface area (Å²) in [4.78, 5) is 27.4. The number of esters is 1. The highest BCUT2D eigenvalue weighted by Gasteiger charge is 2.10. The van der Waals surface area contributed by atoms with Crippen molar-refractivity contribution in [3.63, 3.8) is 0 Å². The predicted molar refractivity (Wildman–Crippen MR) is 93.6 cm³/mol. The highest BCUT2D eigenvalue weighted by Crippen LogP contribution is 2.14. The van der Waals surface area contributed by atoms with Gasteiger partial charge in [-0.1, -0.05) is 18.2 Å². The molecule has 0 saturated carbocycles. The molecule has 26 heavy (non-hydrogen) atoms. The Morgan fingerprint density at radius 3 is 2.54 bits per heavy atom. The standard InChI is InChI=1S/C19H17N3O4/c1-22-18(23)10-9-17(21-22)19(24)26-12-14-5-7-16(8-6-14)25-13-15-4-2-3-11-20-15/h2-11H,12-13H2,1H3. The van der Waals surface area contributed by atoms with Crippen LogP contribution in [-0.4, -0.2) is 20.7 Å². The summed E-state index contributed by atoms with van der Waals surface area (Å²) in [6, 6.07) is 15.5. The highest BCUT2D eigenvalue weighted by atomic mass is 16.5. The van der Waals surface area contributed by atoms with Gasteiger partial charge in [-0.25, -0.2) is 9.48 Å². The van der Waals surface area contributed by atoms with Crippen molar-refractivity contribution < 1.29 is 14.3 Å². The minimum Gasteiger partial charge on any atom is -0.487 e. The molecule has 3 aromatic rings. The van der Waals surface area contributed by atoms with E-state index in [0.29, 0.717) is 12.4 Å². The van der Waals surface area contributed by atoms with Gasteiger partial charge in [-0.2, -0.15) is 5.10 Å². The van der Waals surface area contributed by atoms with Crippen molar-refractivity contribution in [2.45, 2.75) is 13.2 Å². The van der Waals surface area contributed by atoms with Crippen LogP contribution in [0.15, 0.2) is 65.6 Å². The molecule has 0 N–H and O–H groups in total. The molecule has 0 aliphatic carbocycles. The maximum atomic E-state index is 12.0. The number of aromatic nitrogens is 3. The molecule has 1 aromatic carbocycles. The van der Waals surface area contributed by atoms with E-state index < -0.39 is 5.97 Å². The fraction of sp³-hybridized carbons (Fsp3) is 0.158. The first-order valence-corrected chi connectivity index (χ1v) is 7.95. The van der Waals surface area contributed by atoms with Gasteiger partial charge in [-0.3, -0.25) is 9.78 Å². The van der Waals surface area contributed by atoms with Crippen LogP contribution in [0.3, 0.4) is 0 Å². The highest BCUT2D eigenvalue weighted by molar-refractivity contribution is 5.86. The molecule has 0 aliphatic heterocycles. The smallest absolute Gasteiger partial charge is 0.359 e. The van der Waals surface area contributed by atoms with Gasteiger partial charge < -0.3 is 9.47 Å². The van der Waals surface area contributed by atoms with E-state index in [1.54, 1.807) is 18.3 Å². The van der Waals surface area contributed by atoms with E-state index in [-0.39, 0.29) is 17.9 Å². The van der Waals surface area contributed by atoms with E-state index in [4.69, 9.17) is 9.47 Å². The minimum absolute atomic E-state index is 0.0856. The van der Waals surface area contributed by atoms with Crippen LogP contribution >= 0.6 is 0 Å². The topological polar surface area (TPSA) is 83.3 Å². The number of aryl methyl sites for hydroxylation is 1. The SMILES string of the molecule is Cn1nc(C(=O)OCc2ccc(OCc3ccccn3)cc2)ccc1=O. The van der Waals surface area contributed by atoms with Crippen LogP contribution < -0.4 is 10.3 Å². The van der Waals surface area contributed by atoms with Crippen LogP contribution in [0.25, 0.3) is 0 Å². The number of pyridine rings is 1. The zero-order chi connectivity index (χ0) is 18.4. The fourth-order valence-corrected chi connectivity index (χ4v) is 2.16. The number of ether oxygens (including phenoxy) is 2. The normalized spacial score (nSPS) is 10.3. The molecule has 0 aliphatic rings. The Bertz CT molecular complexity index is 937. The van der Waals surface area contributed by atoms with Gasteiger partial charge in [0.05, 0.1) is 5.69 Å². The van der Waals surface area contributed by atoms with Crippen molar-refractivity contribution in [3.8, 4) is 5.75 Å². The van der Waals surface area contributed by atoms with E-state index in [1.165, 1.54) is 19.2 Å². The van der Waals surface area contributed by atoms with E-state index in [9.17, 15) is 9.59 Å². The molecule has 7 heteroatoms. The number of benzene rings is 1. The molecule has 0 radical (unpaired) electrons. The van der Waals surface area contributed by atoms with Crippen LogP contribution in [-0.2, 0) is 25.0 Å². The van der Waals surface area contributed by atoms with Gasteiger partial charge >= 0.3 is 5.97 Å². The first-order valence-electron chi connectivity index (χ1n) is 7.95. The second-order valence-corrected chi connectivity index (χ2v) is 5.51. The number of hydrogen-bond donors (Lipinski definition) is 0. The molecule has 0 bridgehead atoms. The third-order valence-electron chi connectivity index (χ3n) is 3.58. The van der Waals surface area contributed by atoms with Crippen LogP contribution in [0.2, 0.25) is 0 Å². The average Bonchev–Trinajstić information content (AvgIpc) is 2.68. The molecule has 0 unspecified atom stereocenters. The van der Waals surface area contributed by atoms with Gasteiger partial charge in [0.15, 0.2) is 5.69 Å². The van der Waals surface area contributed by atoms with E-state index in [1.807, 2.05) is 30.3 Å². The molecule has 132 valence electrons. The molecule has 0 saturated heterocycles. The summed E-state index contributed by atoms with van der Waals surface area (Å²) >= 11 is 0. The van der Waals surface area contributed by atoms with Gasteiger partial charge in [0, 0.05) is 19.3 Å². The first-order chi connectivity index (χ1) is 12.6. The molecule has 3 rings (SSSR count). The molecular weight excluding hydrogens is 334 g/mol. The summed E-state index contributed by atoms with van der Waals surface area (Å²) in [7, 11) is 1.48. The van der Waals surface area contributed by atoms with Crippen molar-refractivity contribution in [1.82, 2.24) is 14.8 Å². The second kappa shape index (κ2) is 8.06. The molecule has 2 heterocycles. The summed E-state index contributed by atoms with van der Waals surface area (Å²) in [5.74, 6) is 0.113. The Morgan fingerprint density at radius 1 is 1.04 bits per heavy atom. The Balaban J connectivity index is 1.53. The summed E-state index contributed by atoms with van der Waals surface area (Å²) in [5, 5.41) is 3.86. The van der Waals surface area contributed by atoms with Crippen molar-refractivity contribution in [3.05, 3.63) is 88.1 Å². The zero-order valence-electron chi connectivity index (χ0n) is 14.2. The van der Waals surface area contributed by atoms with Gasteiger partial charge in [-0.15, -0.1) is 0 Å². The van der Waals surface area contributed by atoms with E-state index in [2.05, 4.69) is 10.1 Å². The van der Waals surface area contributed by atoms with Crippen LogP contribution in [0.4, 0.5) is 0 Å². The maximum absolute atomic E-state index is 12.0. The summed E-state index contributed by atoms with van der Waals surface area (Å²) < 4.78 is 12.0. The van der Waals surface area contributed by atoms with Gasteiger partial charge in [-0.05, 0) is 35.9 Å². The molecule has 0 spiro atoms. The minimum atomic E-state index is -0.587. The Labute approximate surface area is 149 Å². The quantitative estimate of drug-likeness (QED) is 0.633. The maximum Gasteiger partial charge on any atom is 0.359 e. The largest absolute Gasteiger partial charge is 0.487 e. The van der Waals surface area contributed by atoms with E-state index in [0.717, 1.165) is 15.9 Å². The number of nitrogens with zero attached hydrogens (tertiary/aromatic N) is 3. The number of hydrogen-bond acceptors (Lipinski definition) is 6. The first kappa shape index (κ1) is 17.3. The molecular formula is C19H17N3O4. The molecule has 0 fully saturated rings. The third-order valence-corrected chi connectivity index (χ3v) is 3.58. The zero-order valence-corrected chi connectivity index (χ0v) is 14.2. The van der Waals surface area contributed by atoms with Gasteiger partial charge in [0.2, 0.25) is 0 Å². The molecule has 2 aromatic heterocycles. The van der Waals surface area contributed by atoms with Crippen LogP contribution in [0.5, 0.6) is 5.75 Å². The second-order valence-electron chi connectivity index (χ2n) is 5.51. The van der Waals surface area contributed by atoms with Crippen LogP contribution in [0, 0.1) is 0 Å². The Hall–Kier alpha value is -3.48. The lowest BCUT2D eigenvalue weighted by atomic mass is 10.2. The van der Waals surface area contributed by atoms with Gasteiger partial charge in [0.1, 0.15) is 19.0 Å². The summed E-state index contributed by atoms with van der Waals surface area (Å²) in [5.41, 5.74) is 1.45. The lowest BCUT2D eigenvalue weighted by molar-refractivity contribution is 0.0462. The summed E-state index contributed by atoms with van der Waals surface area (Å²) in [6.07, 6.45) is 1.72. The van der Waals surface area contributed by atoms with Crippen molar-refractivity contribution in [2.24, 2.45) is 7.05 Å². The number of carbonyl (C=O) groups is 1. The Kier molecular flexibility index (Phi) is 5.38. The van der Waals surface area contributed by atoms with Crippen LogP contribution in [0.1, 0.15) is 21.7 Å². The Morgan fingerprint density at radius 2 is 1.85 bits per heavy atom. The lowest BCUT2D eigenvalue weighted by Gasteiger charge is -2.08. The van der Waals surface area contributed by atoms with E-state index >= 15 is 0 Å². The molecule has 0 amide bonds. The lowest BCUT2D eigenvalue weighted by Crippen LogP contribution is -2.21. The van der Waals surface area contributed by atoms with Crippen molar-refractivity contribution in [2.75, 3.05) is 0 Å². The summed E-state index contributed by atoms with van der Waals surface area (Å²) in [6.45, 7) is 0.484. The average molecular weight is 351 g/mol. The predicted octanol–water partition coefficient (Wildman–Crippen LogP) is 2.11. The number of rotatable bonds is 6. The monoisotopic (exact) mass is 351 g/mol. The molecule has 0 atom stereocenters. The van der Waals surface area contributed by atoms with Crippen molar-refractivity contribution in [1.29, 1.82) is 0 Å². The van der Waals surface area contributed by atoms with Crippen molar-refractivity contribution >= 4 is 5.97 Å². The fourth-order valence-electron chi connectivity index (χ4n) is 2.16.